The van der Waals surface area contributed by atoms with Crippen LogP contribution in [0.4, 0.5) is 0 Å². The highest BCUT2D eigenvalue weighted by Gasteiger charge is 2.43. The Bertz CT molecular complexity index is 3230. The Morgan fingerprint density at radius 3 is 1.54 bits per heavy atom. The summed E-state index contributed by atoms with van der Waals surface area (Å²) in [6.45, 7) is 25.7. The average molecular weight is 1380 g/mol. The fourth-order valence-electron chi connectivity index (χ4n) is 13.4. The number of nitrogens with one attached hydrogen (secondary N) is 7. The molecule has 9 amide bonds. The number of Topliss-reactive ketones (excluding diaryl/α,β-unsaturated/α-hetero) is 1. The van der Waals surface area contributed by atoms with E-state index in [1.807, 2.05) is 132 Å². The van der Waals surface area contributed by atoms with Gasteiger partial charge in [-0.1, -0.05) is 126 Å². The molecule has 4 heterocycles. The first-order chi connectivity index (χ1) is 46.2. The SMILES string of the molecule is CCCCN1C(=O)[C@@H](Cc2ccccc2)NC(=O)[C@H](CC(C)C)NC(=O)[C@H](CCCN)NC(=O)[C@H]([C@@H](C)CC)NC(=O)c2cc(c(C)s2)C2=C(CCC2)c2cc(sc2C)C(=O)[C@H]2CCCN2C(=O)[C@H](CC(C)C)NC(=O)[C@H](CCCN)NC(=O)[C@H]([C@@H](C)CC)NC(=O)[C@@H]1CC(C)C. The van der Waals surface area contributed by atoms with Crippen molar-refractivity contribution in [2.45, 2.75) is 254 Å². The predicted molar refractivity (Wildman–Crippen MR) is 385 cm³/mol. The van der Waals surface area contributed by atoms with E-state index in [0.717, 1.165) is 51.3 Å². The fraction of sp³-hybridized carbons (Fsp3) is 0.649. The van der Waals surface area contributed by atoms with E-state index in [4.69, 9.17) is 11.5 Å². The topological polar surface area (TPSA) is 313 Å². The summed E-state index contributed by atoms with van der Waals surface area (Å²) in [6.07, 6.45) is 6.83. The van der Waals surface area contributed by atoms with Crippen LogP contribution >= 0.6 is 22.7 Å². The largest absolute Gasteiger partial charge is 0.343 e. The van der Waals surface area contributed by atoms with Crippen LogP contribution < -0.4 is 48.7 Å². The molecule has 23 heteroatoms. The number of unbranched alkanes of at least 4 members (excludes halogenated alkanes) is 1. The Hall–Kier alpha value is -6.82. The second-order valence-corrected chi connectivity index (χ2v) is 30.9. The zero-order valence-corrected chi connectivity index (χ0v) is 61.6. The molecule has 1 fully saturated rings. The summed E-state index contributed by atoms with van der Waals surface area (Å²) in [7, 11) is 0. The van der Waals surface area contributed by atoms with Gasteiger partial charge in [0.15, 0.2) is 5.78 Å². The third-order valence-electron chi connectivity index (χ3n) is 19.2. The van der Waals surface area contributed by atoms with Crippen molar-refractivity contribution in [3.8, 4) is 0 Å². The Labute approximate surface area is 584 Å². The standard InChI is InChI=1S/C74H113N11O10S2/c1-14-17-34-85-60(38-44(8)9)69(90)82-63(45(10)15-2)71(92)78-55(30-23-33-76)67(88)80-57(37-43(6)7)73(94)84-35-24-31-59(84)65(86)61-40-52(47(12)96-61)50-27-21-28-51(50)53-41-62(97-48(53)13)70(91)83-64(46(11)16-3)72(93)77-54(29-22-32-75)66(87)79-56(36-42(4)5)68(89)81-58(74(85)95)39-49-25-19-18-20-26-49/h18-20,25-26,40-46,54-60,63-64H,14-17,21-24,27-39,75-76H2,1-13H3,(H,77,93)(H,78,92)(H,79,87)(H,80,88)(H,81,89)(H,82,90)(H,83,91)/t45-,46-,54-,55-,56-,57-,58+,59+,60-,63-,64-/m0/s1. The molecule has 4 bridgehead atoms. The third-order valence-corrected chi connectivity index (χ3v) is 21.3. The maximum absolute atomic E-state index is 15.7. The van der Waals surface area contributed by atoms with Crippen molar-refractivity contribution in [3.05, 3.63) is 78.7 Å². The van der Waals surface area contributed by atoms with Gasteiger partial charge in [0, 0.05) is 29.3 Å². The molecule has 0 radical (unpaired) electrons. The van der Waals surface area contributed by atoms with Gasteiger partial charge in [-0.05, 0) is 180 Å². The molecule has 11 N–H and O–H groups in total. The number of amides is 9. The molecule has 1 aliphatic carbocycles. The van der Waals surface area contributed by atoms with E-state index in [1.165, 1.54) is 27.6 Å². The summed E-state index contributed by atoms with van der Waals surface area (Å²) in [5.41, 5.74) is 16.8. The molecular weight excluding hydrogens is 1270 g/mol. The number of allylic oxidation sites excluding steroid dienone is 2. The first-order valence-corrected chi connectivity index (χ1v) is 37.5. The minimum Gasteiger partial charge on any atom is -0.343 e. The van der Waals surface area contributed by atoms with Gasteiger partial charge in [-0.2, -0.15) is 0 Å². The molecule has 1 aromatic carbocycles. The summed E-state index contributed by atoms with van der Waals surface area (Å²) in [6, 6.07) is 2.85. The summed E-state index contributed by atoms with van der Waals surface area (Å²) >= 11 is 2.71. The van der Waals surface area contributed by atoms with E-state index in [9.17, 15) is 28.8 Å². The smallest absolute Gasteiger partial charge is 0.262 e. The van der Waals surface area contributed by atoms with Crippen molar-refractivity contribution in [1.29, 1.82) is 0 Å². The van der Waals surface area contributed by atoms with E-state index < -0.39 is 113 Å². The Morgan fingerprint density at radius 2 is 1.01 bits per heavy atom. The second-order valence-electron chi connectivity index (χ2n) is 28.4. The van der Waals surface area contributed by atoms with Gasteiger partial charge in [-0.3, -0.25) is 47.9 Å². The predicted octanol–water partition coefficient (Wildman–Crippen LogP) is 8.66. The first kappa shape index (κ1) is 79.2. The van der Waals surface area contributed by atoms with Gasteiger partial charge in [0.25, 0.3) is 5.91 Å². The second kappa shape index (κ2) is 37.9. The van der Waals surface area contributed by atoms with E-state index >= 15 is 19.2 Å². The summed E-state index contributed by atoms with van der Waals surface area (Å²) in [4.78, 5) is 156. The Balaban J connectivity index is 1.48. The molecule has 21 nitrogen and oxygen atoms in total. The molecule has 0 unspecified atom stereocenters. The molecule has 3 aliphatic rings. The van der Waals surface area contributed by atoms with Crippen LogP contribution in [0, 0.1) is 43.4 Å². The highest BCUT2D eigenvalue weighted by molar-refractivity contribution is 7.14. The van der Waals surface area contributed by atoms with Gasteiger partial charge < -0.3 is 58.5 Å². The number of thiophene rings is 2. The summed E-state index contributed by atoms with van der Waals surface area (Å²) in [5.74, 6) is -6.60. The van der Waals surface area contributed by atoms with Crippen molar-refractivity contribution >= 4 is 92.8 Å². The zero-order valence-electron chi connectivity index (χ0n) is 59.9. The van der Waals surface area contributed by atoms with Crippen molar-refractivity contribution in [3.63, 3.8) is 0 Å². The number of fused-ring (bicyclic) bond motifs is 7. The van der Waals surface area contributed by atoms with Gasteiger partial charge in [0.1, 0.15) is 48.3 Å². The normalized spacial score (nSPS) is 24.4. The number of hydrogen-bond acceptors (Lipinski definition) is 14. The van der Waals surface area contributed by atoms with Crippen LogP contribution in [0.15, 0.2) is 42.5 Å². The lowest BCUT2D eigenvalue weighted by molar-refractivity contribution is -0.145. The molecule has 6 rings (SSSR count). The Morgan fingerprint density at radius 1 is 0.526 bits per heavy atom. The number of carbonyl (C=O) groups excluding carboxylic acids is 10. The highest BCUT2D eigenvalue weighted by atomic mass is 32.1. The van der Waals surface area contributed by atoms with Crippen LogP contribution in [0.25, 0.3) is 11.1 Å². The van der Waals surface area contributed by atoms with Gasteiger partial charge in [0.2, 0.25) is 47.3 Å². The van der Waals surface area contributed by atoms with E-state index in [0.29, 0.717) is 73.2 Å². The molecule has 2 aliphatic heterocycles. The van der Waals surface area contributed by atoms with E-state index in [-0.39, 0.29) is 87.6 Å². The number of aryl methyl sites for hydroxylation is 2. The number of nitrogens with zero attached hydrogens (tertiary/aromatic N) is 2. The quantitative estimate of drug-likeness (QED) is 0.0484. The van der Waals surface area contributed by atoms with Crippen molar-refractivity contribution in [2.24, 2.45) is 41.1 Å². The zero-order chi connectivity index (χ0) is 71.4. The number of carbonyl (C=O) groups is 10. The maximum atomic E-state index is 15.7. The lowest BCUT2D eigenvalue weighted by atomic mass is 9.95. The molecule has 2 aromatic heterocycles. The number of rotatable bonds is 21. The number of hydrogen-bond donors (Lipinski definition) is 9. The van der Waals surface area contributed by atoms with Crippen molar-refractivity contribution in [2.75, 3.05) is 26.2 Å². The molecular formula is C74H113N11O10S2. The molecule has 11 atom stereocenters. The lowest BCUT2D eigenvalue weighted by Crippen LogP contribution is -2.62. The van der Waals surface area contributed by atoms with Crippen LogP contribution in [-0.2, 0) is 44.8 Å². The lowest BCUT2D eigenvalue weighted by Gasteiger charge is -2.37. The summed E-state index contributed by atoms with van der Waals surface area (Å²) in [5, 5.41) is 20.9. The molecule has 97 heavy (non-hydrogen) atoms. The highest BCUT2D eigenvalue weighted by Crippen LogP contribution is 2.45. The molecule has 536 valence electrons. The minimum absolute atomic E-state index is 0.00940. The molecule has 0 saturated carbocycles. The van der Waals surface area contributed by atoms with Gasteiger partial charge in [-0.25, -0.2) is 0 Å². The third kappa shape index (κ3) is 21.6. The van der Waals surface area contributed by atoms with Gasteiger partial charge >= 0.3 is 0 Å². The van der Waals surface area contributed by atoms with Crippen molar-refractivity contribution in [1.82, 2.24) is 47.0 Å². The van der Waals surface area contributed by atoms with Gasteiger partial charge in [-0.15, -0.1) is 22.7 Å². The van der Waals surface area contributed by atoms with Crippen LogP contribution in [0.3, 0.4) is 0 Å². The molecule has 1 saturated heterocycles. The number of benzene rings is 1. The van der Waals surface area contributed by atoms with Crippen LogP contribution in [0.1, 0.15) is 225 Å². The number of nitrogens with two attached hydrogens (primary N) is 2. The average Bonchev–Trinajstić information content (AvgIpc) is 1.61. The van der Waals surface area contributed by atoms with E-state index in [2.05, 4.69) is 37.2 Å². The van der Waals surface area contributed by atoms with Crippen LogP contribution in [-0.4, -0.2) is 149 Å². The fourth-order valence-corrected chi connectivity index (χ4v) is 15.4. The first-order valence-electron chi connectivity index (χ1n) is 35.8. The molecule has 3 aromatic rings. The number of ketones is 1. The van der Waals surface area contributed by atoms with Crippen LogP contribution in [0.5, 0.6) is 0 Å². The minimum atomic E-state index is -1.27. The van der Waals surface area contributed by atoms with Crippen molar-refractivity contribution < 1.29 is 47.9 Å². The monoisotopic (exact) mass is 1380 g/mol. The van der Waals surface area contributed by atoms with E-state index in [1.54, 1.807) is 4.90 Å². The Kier molecular flexibility index (Phi) is 31.0. The van der Waals surface area contributed by atoms with Crippen LogP contribution in [0.2, 0.25) is 0 Å². The van der Waals surface area contributed by atoms with Gasteiger partial charge in [0.05, 0.1) is 15.8 Å². The molecule has 0 spiro atoms. The summed E-state index contributed by atoms with van der Waals surface area (Å²) < 4.78 is 0. The maximum Gasteiger partial charge on any atom is 0.262 e.